The van der Waals surface area contributed by atoms with Crippen LogP contribution in [-0.4, -0.2) is 19.1 Å². The second kappa shape index (κ2) is 6.84. The lowest BCUT2D eigenvalue weighted by molar-refractivity contribution is 1.13. The lowest BCUT2D eigenvalue weighted by atomic mass is 10.00. The molecule has 0 saturated heterocycles. The number of halogens is 1. The molecule has 0 atom stereocenters. The molecule has 4 nitrogen and oxygen atoms in total. The third-order valence-electron chi connectivity index (χ3n) is 4.03. The molecule has 0 radical (unpaired) electrons. The van der Waals surface area contributed by atoms with Crippen molar-refractivity contribution in [1.29, 1.82) is 10.5 Å². The molecule has 0 amide bonds. The molecule has 0 aliphatic carbocycles. The smallest absolute Gasteiger partial charge is 0.0998 e. The Labute approximate surface area is 154 Å². The van der Waals surface area contributed by atoms with Crippen LogP contribution in [-0.2, 0) is 0 Å². The zero-order valence-corrected chi connectivity index (χ0v) is 15.4. The highest BCUT2D eigenvalue weighted by Gasteiger charge is 2.11. The highest BCUT2D eigenvalue weighted by molar-refractivity contribution is 9.10. The minimum atomic E-state index is 0.511. The normalized spacial score (nSPS) is 11.2. The molecule has 2 aromatic carbocycles. The minimum absolute atomic E-state index is 0.511. The fraction of sp³-hybridized carbons (Fsp3) is 0.100. The molecular formula is C20H15BrN4. The van der Waals surface area contributed by atoms with E-state index in [9.17, 15) is 10.5 Å². The van der Waals surface area contributed by atoms with Gasteiger partial charge in [0, 0.05) is 46.9 Å². The van der Waals surface area contributed by atoms with Crippen LogP contribution in [0.25, 0.3) is 22.6 Å². The molecule has 25 heavy (non-hydrogen) atoms. The van der Waals surface area contributed by atoms with Gasteiger partial charge in [-0.05, 0) is 48.0 Å². The summed E-state index contributed by atoms with van der Waals surface area (Å²) >= 11 is 3.47. The van der Waals surface area contributed by atoms with Gasteiger partial charge in [0.05, 0.1) is 23.3 Å². The van der Waals surface area contributed by atoms with Crippen molar-refractivity contribution in [3.8, 4) is 12.1 Å². The number of rotatable bonds is 3. The van der Waals surface area contributed by atoms with Crippen molar-refractivity contribution in [2.75, 3.05) is 19.0 Å². The fourth-order valence-electron chi connectivity index (χ4n) is 2.69. The van der Waals surface area contributed by atoms with Gasteiger partial charge in [-0.25, -0.2) is 0 Å². The first-order valence-corrected chi connectivity index (χ1v) is 8.43. The molecule has 5 heteroatoms. The van der Waals surface area contributed by atoms with Gasteiger partial charge in [0.15, 0.2) is 0 Å². The number of anilines is 1. The van der Waals surface area contributed by atoms with E-state index in [0.717, 1.165) is 32.2 Å². The van der Waals surface area contributed by atoms with E-state index >= 15 is 0 Å². The number of hydrogen-bond acceptors (Lipinski definition) is 3. The topological polar surface area (TPSA) is 66.6 Å². The third-order valence-corrected chi connectivity index (χ3v) is 4.52. The van der Waals surface area contributed by atoms with Crippen LogP contribution in [0.3, 0.4) is 0 Å². The molecule has 3 rings (SSSR count). The van der Waals surface area contributed by atoms with Gasteiger partial charge in [-0.2, -0.15) is 10.5 Å². The molecule has 122 valence electrons. The van der Waals surface area contributed by atoms with Crippen LogP contribution in [0.2, 0.25) is 0 Å². The number of aromatic nitrogens is 1. The van der Waals surface area contributed by atoms with E-state index in [2.05, 4.69) is 33.1 Å². The second-order valence-corrected chi connectivity index (χ2v) is 6.76. The summed E-state index contributed by atoms with van der Waals surface area (Å²) in [5.74, 6) is 0. The van der Waals surface area contributed by atoms with E-state index < -0.39 is 0 Å². The lowest BCUT2D eigenvalue weighted by Crippen LogP contribution is -2.08. The Kier molecular flexibility index (Phi) is 4.61. The first kappa shape index (κ1) is 16.8. The average molecular weight is 391 g/mol. The van der Waals surface area contributed by atoms with E-state index in [0.29, 0.717) is 11.1 Å². The molecule has 0 aliphatic rings. The molecule has 0 fully saturated rings. The van der Waals surface area contributed by atoms with Crippen molar-refractivity contribution in [3.05, 3.63) is 63.8 Å². The molecule has 0 saturated carbocycles. The monoisotopic (exact) mass is 390 g/mol. The van der Waals surface area contributed by atoms with Crippen LogP contribution < -0.4 is 4.90 Å². The van der Waals surface area contributed by atoms with E-state index in [1.54, 1.807) is 12.1 Å². The van der Waals surface area contributed by atoms with Gasteiger partial charge in [0.1, 0.15) is 0 Å². The fourth-order valence-corrected chi connectivity index (χ4v) is 3.05. The van der Waals surface area contributed by atoms with Crippen LogP contribution in [0.1, 0.15) is 16.7 Å². The van der Waals surface area contributed by atoms with Crippen LogP contribution >= 0.6 is 15.9 Å². The van der Waals surface area contributed by atoms with Crippen molar-refractivity contribution in [2.45, 2.75) is 0 Å². The Morgan fingerprint density at radius 3 is 2.64 bits per heavy atom. The van der Waals surface area contributed by atoms with Gasteiger partial charge in [-0.3, -0.25) is 0 Å². The number of aromatic amines is 1. The van der Waals surface area contributed by atoms with Crippen LogP contribution in [0.15, 0.2) is 47.1 Å². The summed E-state index contributed by atoms with van der Waals surface area (Å²) in [6, 6.07) is 15.9. The van der Waals surface area contributed by atoms with E-state index in [4.69, 9.17) is 0 Å². The summed E-state index contributed by atoms with van der Waals surface area (Å²) in [4.78, 5) is 5.15. The number of H-pyrrole nitrogens is 1. The highest BCUT2D eigenvalue weighted by atomic mass is 79.9. The van der Waals surface area contributed by atoms with Gasteiger partial charge in [-0.1, -0.05) is 15.9 Å². The number of fused-ring (bicyclic) bond motifs is 1. The second-order valence-electron chi connectivity index (χ2n) is 5.84. The summed E-state index contributed by atoms with van der Waals surface area (Å²) in [5.41, 5.74) is 4.54. The van der Waals surface area contributed by atoms with Crippen molar-refractivity contribution < 1.29 is 0 Å². The minimum Gasteiger partial charge on any atom is -0.378 e. The lowest BCUT2D eigenvalue weighted by Gasteiger charge is -2.13. The van der Waals surface area contributed by atoms with Gasteiger partial charge >= 0.3 is 0 Å². The van der Waals surface area contributed by atoms with Crippen LogP contribution in [0.5, 0.6) is 0 Å². The number of nitrogens with zero attached hydrogens (tertiary/aromatic N) is 3. The number of hydrogen-bond donors (Lipinski definition) is 1. The number of benzene rings is 2. The Bertz CT molecular complexity index is 1060. The number of nitrogens with one attached hydrogen (secondary N) is 1. The molecule has 0 aliphatic heterocycles. The van der Waals surface area contributed by atoms with Crippen molar-refractivity contribution in [3.63, 3.8) is 0 Å². The van der Waals surface area contributed by atoms with Crippen molar-refractivity contribution in [1.82, 2.24) is 4.98 Å². The summed E-state index contributed by atoms with van der Waals surface area (Å²) in [6.45, 7) is 0. The standard InChI is InChI=1S/C20H15BrN4/c1-25(2)17-5-3-13(10-22)14(8-17)7-15(11-23)19-12-24-20-6-4-16(21)9-18(19)20/h3-9,12,24H,1-2H3/b15-7+. The van der Waals surface area contributed by atoms with Crippen molar-refractivity contribution >= 4 is 44.2 Å². The first-order chi connectivity index (χ1) is 12.0. The summed E-state index contributed by atoms with van der Waals surface area (Å²) < 4.78 is 0.949. The molecule has 0 bridgehead atoms. The molecule has 1 N–H and O–H groups in total. The average Bonchev–Trinajstić information content (AvgIpc) is 3.02. The predicted octanol–water partition coefficient (Wildman–Crippen LogP) is 4.93. The van der Waals surface area contributed by atoms with Crippen LogP contribution in [0.4, 0.5) is 5.69 Å². The highest BCUT2D eigenvalue weighted by Crippen LogP contribution is 2.30. The van der Waals surface area contributed by atoms with Gasteiger partial charge < -0.3 is 9.88 Å². The predicted molar refractivity (Wildman–Crippen MR) is 105 cm³/mol. The van der Waals surface area contributed by atoms with Gasteiger partial charge in [0.2, 0.25) is 0 Å². The first-order valence-electron chi connectivity index (χ1n) is 7.63. The number of allylic oxidation sites excluding steroid dienone is 1. The Balaban J connectivity index is 2.19. The Hall–Kier alpha value is -3.02. The van der Waals surface area contributed by atoms with Crippen molar-refractivity contribution in [2.24, 2.45) is 0 Å². The maximum Gasteiger partial charge on any atom is 0.0998 e. The van der Waals surface area contributed by atoms with Gasteiger partial charge in [0.25, 0.3) is 0 Å². The zero-order chi connectivity index (χ0) is 18.0. The number of nitriles is 2. The Morgan fingerprint density at radius 1 is 1.16 bits per heavy atom. The zero-order valence-electron chi connectivity index (χ0n) is 13.8. The van der Waals surface area contributed by atoms with E-state index in [-0.39, 0.29) is 0 Å². The quantitative estimate of drug-likeness (QED) is 0.644. The molecular weight excluding hydrogens is 376 g/mol. The SMILES string of the molecule is CN(C)c1ccc(C#N)c(/C=C(\C#N)c2c[nH]c3ccc(Br)cc23)c1. The molecule has 0 unspecified atom stereocenters. The molecule has 0 spiro atoms. The van der Waals surface area contributed by atoms with E-state index in [1.807, 2.05) is 55.5 Å². The molecule has 3 aromatic rings. The molecule has 1 aromatic heterocycles. The maximum atomic E-state index is 9.69. The van der Waals surface area contributed by atoms with E-state index in [1.165, 1.54) is 0 Å². The summed E-state index contributed by atoms with van der Waals surface area (Å²) in [7, 11) is 3.88. The summed E-state index contributed by atoms with van der Waals surface area (Å²) in [5, 5.41) is 20.0. The third kappa shape index (κ3) is 3.28. The Morgan fingerprint density at radius 2 is 1.96 bits per heavy atom. The van der Waals surface area contributed by atoms with Crippen LogP contribution in [0, 0.1) is 22.7 Å². The van der Waals surface area contributed by atoms with Gasteiger partial charge in [-0.15, -0.1) is 0 Å². The molecule has 1 heterocycles. The summed E-state index contributed by atoms with van der Waals surface area (Å²) in [6.07, 6.45) is 3.60. The maximum absolute atomic E-state index is 9.69. The largest absolute Gasteiger partial charge is 0.378 e.